The van der Waals surface area contributed by atoms with Gasteiger partial charge in [0, 0.05) is 19.1 Å². The first-order chi connectivity index (χ1) is 8.63. The van der Waals surface area contributed by atoms with Crippen molar-refractivity contribution in [1.82, 2.24) is 0 Å². The fourth-order valence-electron chi connectivity index (χ4n) is 2.39. The maximum Gasteiger partial charge on any atom is 0.312 e. The van der Waals surface area contributed by atoms with Crippen LogP contribution >= 0.6 is 0 Å². The van der Waals surface area contributed by atoms with Crippen LogP contribution < -0.4 is 5.73 Å². The lowest BCUT2D eigenvalue weighted by atomic mass is 9.92. The van der Waals surface area contributed by atoms with E-state index < -0.39 is 11.9 Å². The summed E-state index contributed by atoms with van der Waals surface area (Å²) in [5, 5.41) is 9.05. The van der Waals surface area contributed by atoms with Crippen molar-refractivity contribution in [2.24, 2.45) is 5.73 Å². The van der Waals surface area contributed by atoms with Gasteiger partial charge in [-0.3, -0.25) is 4.79 Å². The summed E-state index contributed by atoms with van der Waals surface area (Å²) < 4.78 is 5.25. The molecule has 18 heavy (non-hydrogen) atoms. The van der Waals surface area contributed by atoms with Gasteiger partial charge in [-0.15, -0.1) is 0 Å². The Morgan fingerprint density at radius 1 is 1.44 bits per heavy atom. The molecule has 3 N–H and O–H groups in total. The third-order valence-electron chi connectivity index (χ3n) is 3.73. The summed E-state index contributed by atoms with van der Waals surface area (Å²) in [7, 11) is 1.71. The van der Waals surface area contributed by atoms with Crippen LogP contribution in [0, 0.1) is 0 Å². The molecule has 2 rings (SSSR count). The fraction of sp³-hybridized carbons (Fsp3) is 0.500. The molecule has 4 nitrogen and oxygen atoms in total. The maximum absolute atomic E-state index is 11.0. The lowest BCUT2D eigenvalue weighted by molar-refractivity contribution is -0.138. The number of hydrogen-bond donors (Lipinski definition) is 2. The van der Waals surface area contributed by atoms with Crippen molar-refractivity contribution in [1.29, 1.82) is 0 Å². The Labute approximate surface area is 107 Å². The molecule has 4 heteroatoms. The molecule has 1 aliphatic rings. The van der Waals surface area contributed by atoms with Crippen LogP contribution in [0.25, 0.3) is 0 Å². The van der Waals surface area contributed by atoms with E-state index >= 15 is 0 Å². The predicted octanol–water partition coefficient (Wildman–Crippen LogP) is 1.49. The number of rotatable bonds is 6. The highest BCUT2D eigenvalue weighted by atomic mass is 16.5. The average molecular weight is 249 g/mol. The number of carbonyl (C=O) groups is 1. The summed E-state index contributed by atoms with van der Waals surface area (Å²) in [6.07, 6.45) is 2.28. The second-order valence-corrected chi connectivity index (χ2v) is 4.96. The summed E-state index contributed by atoms with van der Waals surface area (Å²) in [6, 6.07) is 7.76. The van der Waals surface area contributed by atoms with Gasteiger partial charge in [-0.1, -0.05) is 24.3 Å². The van der Waals surface area contributed by atoms with Crippen molar-refractivity contribution in [3.05, 3.63) is 35.4 Å². The molecular formula is C14H19NO3. The number of hydrogen-bond acceptors (Lipinski definition) is 3. The van der Waals surface area contributed by atoms with Gasteiger partial charge in [0.15, 0.2) is 0 Å². The SMILES string of the molecule is COCC1(c2ccc(C(CN)C(=O)O)cc2)CC1. The van der Waals surface area contributed by atoms with Gasteiger partial charge in [0.05, 0.1) is 12.5 Å². The first-order valence-corrected chi connectivity index (χ1v) is 6.15. The molecule has 1 unspecified atom stereocenters. The van der Waals surface area contributed by atoms with E-state index in [1.165, 1.54) is 5.56 Å². The number of carboxylic acid groups (broad SMARTS) is 1. The van der Waals surface area contributed by atoms with Gasteiger partial charge in [-0.05, 0) is 24.0 Å². The van der Waals surface area contributed by atoms with E-state index in [2.05, 4.69) is 0 Å². The van der Waals surface area contributed by atoms with Crippen molar-refractivity contribution in [2.75, 3.05) is 20.3 Å². The van der Waals surface area contributed by atoms with Crippen LogP contribution in [0.3, 0.4) is 0 Å². The number of carboxylic acids is 1. The number of methoxy groups -OCH3 is 1. The minimum atomic E-state index is -0.872. The van der Waals surface area contributed by atoms with Crippen LogP contribution in [-0.2, 0) is 14.9 Å². The predicted molar refractivity (Wildman–Crippen MR) is 68.7 cm³/mol. The van der Waals surface area contributed by atoms with E-state index in [0.717, 1.165) is 25.0 Å². The van der Waals surface area contributed by atoms with Gasteiger partial charge in [-0.2, -0.15) is 0 Å². The Kier molecular flexibility index (Phi) is 3.68. The smallest absolute Gasteiger partial charge is 0.312 e. The van der Waals surface area contributed by atoms with Crippen molar-refractivity contribution < 1.29 is 14.6 Å². The van der Waals surface area contributed by atoms with Gasteiger partial charge >= 0.3 is 5.97 Å². The van der Waals surface area contributed by atoms with Crippen LogP contribution in [-0.4, -0.2) is 31.3 Å². The Balaban J connectivity index is 2.17. The number of aliphatic carboxylic acids is 1. The Bertz CT molecular complexity index is 423. The quantitative estimate of drug-likeness (QED) is 0.801. The maximum atomic E-state index is 11.0. The minimum absolute atomic E-state index is 0.123. The zero-order valence-corrected chi connectivity index (χ0v) is 10.6. The van der Waals surface area contributed by atoms with E-state index in [1.54, 1.807) is 7.11 Å². The molecule has 0 amide bonds. The fourth-order valence-corrected chi connectivity index (χ4v) is 2.39. The lowest BCUT2D eigenvalue weighted by Crippen LogP contribution is -2.21. The molecule has 1 atom stereocenters. The largest absolute Gasteiger partial charge is 0.481 e. The highest BCUT2D eigenvalue weighted by Crippen LogP contribution is 2.48. The second-order valence-electron chi connectivity index (χ2n) is 4.96. The van der Waals surface area contributed by atoms with Crippen molar-refractivity contribution in [3.8, 4) is 0 Å². The van der Waals surface area contributed by atoms with Gasteiger partial charge in [0.2, 0.25) is 0 Å². The highest BCUT2D eigenvalue weighted by Gasteiger charge is 2.44. The monoisotopic (exact) mass is 249 g/mol. The van der Waals surface area contributed by atoms with E-state index in [9.17, 15) is 4.79 Å². The molecule has 1 aromatic carbocycles. The summed E-state index contributed by atoms with van der Waals surface area (Å²) in [4.78, 5) is 11.0. The third-order valence-corrected chi connectivity index (χ3v) is 3.73. The van der Waals surface area contributed by atoms with Gasteiger partial charge < -0.3 is 15.6 Å². The molecule has 98 valence electrons. The molecule has 0 bridgehead atoms. The molecule has 1 aliphatic carbocycles. The van der Waals surface area contributed by atoms with Gasteiger partial charge in [-0.25, -0.2) is 0 Å². The summed E-state index contributed by atoms with van der Waals surface area (Å²) in [5.41, 5.74) is 7.65. The van der Waals surface area contributed by atoms with Crippen LogP contribution in [0.2, 0.25) is 0 Å². The number of benzene rings is 1. The van der Waals surface area contributed by atoms with E-state index in [1.807, 2.05) is 24.3 Å². The second kappa shape index (κ2) is 5.08. The first-order valence-electron chi connectivity index (χ1n) is 6.15. The molecule has 0 spiro atoms. The zero-order chi connectivity index (χ0) is 13.2. The molecule has 0 aromatic heterocycles. The standard InChI is InChI=1S/C14H19NO3/c1-18-9-14(6-7-14)11-4-2-10(3-5-11)12(8-15)13(16)17/h2-5,12H,6-9,15H2,1H3,(H,16,17). The topological polar surface area (TPSA) is 72.5 Å². The molecule has 1 aromatic rings. The average Bonchev–Trinajstić information content (AvgIpc) is 3.12. The van der Waals surface area contributed by atoms with Crippen molar-refractivity contribution >= 4 is 5.97 Å². The number of nitrogens with two attached hydrogens (primary N) is 1. The van der Waals surface area contributed by atoms with Gasteiger partial charge in [0.1, 0.15) is 0 Å². The normalized spacial score (nSPS) is 18.3. The van der Waals surface area contributed by atoms with E-state index in [4.69, 9.17) is 15.6 Å². The van der Waals surface area contributed by atoms with E-state index in [-0.39, 0.29) is 12.0 Å². The van der Waals surface area contributed by atoms with Crippen molar-refractivity contribution in [3.63, 3.8) is 0 Å². The summed E-state index contributed by atoms with van der Waals surface area (Å²) in [6.45, 7) is 0.851. The summed E-state index contributed by atoms with van der Waals surface area (Å²) >= 11 is 0. The Morgan fingerprint density at radius 2 is 2.06 bits per heavy atom. The Morgan fingerprint density at radius 3 is 2.44 bits per heavy atom. The van der Waals surface area contributed by atoms with Crippen LogP contribution in [0.15, 0.2) is 24.3 Å². The van der Waals surface area contributed by atoms with Crippen LogP contribution in [0.1, 0.15) is 29.9 Å². The van der Waals surface area contributed by atoms with Gasteiger partial charge in [0.25, 0.3) is 0 Å². The molecule has 0 saturated heterocycles. The van der Waals surface area contributed by atoms with E-state index in [0.29, 0.717) is 0 Å². The number of ether oxygens (including phenoxy) is 1. The molecule has 0 aliphatic heterocycles. The highest BCUT2D eigenvalue weighted by molar-refractivity contribution is 5.76. The van der Waals surface area contributed by atoms with Crippen molar-refractivity contribution in [2.45, 2.75) is 24.2 Å². The molecule has 1 saturated carbocycles. The minimum Gasteiger partial charge on any atom is -0.481 e. The molecule has 1 fully saturated rings. The summed E-state index contributed by atoms with van der Waals surface area (Å²) in [5.74, 6) is -1.49. The van der Waals surface area contributed by atoms with Crippen LogP contribution in [0.5, 0.6) is 0 Å². The lowest BCUT2D eigenvalue weighted by Gasteiger charge is -2.16. The van der Waals surface area contributed by atoms with Crippen LogP contribution in [0.4, 0.5) is 0 Å². The molecular weight excluding hydrogens is 230 g/mol. The molecule has 0 radical (unpaired) electrons. The third kappa shape index (κ3) is 2.40. The first kappa shape index (κ1) is 13.1. The molecule has 0 heterocycles. The Hall–Kier alpha value is -1.39. The zero-order valence-electron chi connectivity index (χ0n) is 10.6.